The summed E-state index contributed by atoms with van der Waals surface area (Å²) in [5.74, 6) is 5.79. The Bertz CT molecular complexity index is 107. The summed E-state index contributed by atoms with van der Waals surface area (Å²) in [7, 11) is 0. The maximum absolute atomic E-state index is 5.08. The Morgan fingerprint density at radius 1 is 1.86 bits per heavy atom. The van der Waals surface area contributed by atoms with Crippen molar-refractivity contribution in [2.24, 2.45) is 0 Å². The lowest BCUT2D eigenvalue weighted by Crippen LogP contribution is -2.02. The molecule has 0 aromatic rings. The second-order valence-corrected chi connectivity index (χ2v) is 1.53. The van der Waals surface area contributed by atoms with Gasteiger partial charge >= 0.3 is 0 Å². The van der Waals surface area contributed by atoms with Gasteiger partial charge in [0, 0.05) is 0 Å². The molecule has 0 aliphatic carbocycles. The van der Waals surface area contributed by atoms with Gasteiger partial charge in [-0.25, -0.2) is 0 Å². The van der Waals surface area contributed by atoms with Gasteiger partial charge in [0.2, 0.25) is 0 Å². The van der Waals surface area contributed by atoms with Crippen molar-refractivity contribution in [3.05, 3.63) is 0 Å². The lowest BCUT2D eigenvalue weighted by Gasteiger charge is -1.98. The van der Waals surface area contributed by atoms with Gasteiger partial charge in [-0.2, -0.15) is 0 Å². The summed E-state index contributed by atoms with van der Waals surface area (Å²) < 4.78 is 5.08. The molecule has 0 radical (unpaired) electrons. The monoisotopic (exact) mass is 96.1 g/mol. The maximum atomic E-state index is 5.08. The van der Waals surface area contributed by atoms with Crippen molar-refractivity contribution in [2.45, 2.75) is 19.4 Å². The zero-order valence-electron chi connectivity index (χ0n) is 4.40. The SMILES string of the molecule is CCC1C#CCO1. The van der Waals surface area contributed by atoms with Crippen LogP contribution in [0.4, 0.5) is 0 Å². The van der Waals surface area contributed by atoms with Crippen LogP contribution in [0.25, 0.3) is 0 Å². The van der Waals surface area contributed by atoms with Crippen molar-refractivity contribution in [3.8, 4) is 11.8 Å². The minimum Gasteiger partial charge on any atom is -0.353 e. The van der Waals surface area contributed by atoms with Crippen molar-refractivity contribution in [1.29, 1.82) is 0 Å². The summed E-state index contributed by atoms with van der Waals surface area (Å²) in [5, 5.41) is 0. The highest BCUT2D eigenvalue weighted by Crippen LogP contribution is 1.98. The van der Waals surface area contributed by atoms with E-state index in [4.69, 9.17) is 4.74 Å². The normalized spacial score (nSPS) is 26.7. The Labute approximate surface area is 43.7 Å². The largest absolute Gasteiger partial charge is 0.353 e. The molecule has 1 heterocycles. The summed E-state index contributed by atoms with van der Waals surface area (Å²) in [6.45, 7) is 2.71. The van der Waals surface area contributed by atoms with Crippen molar-refractivity contribution in [1.82, 2.24) is 0 Å². The molecule has 38 valence electrons. The van der Waals surface area contributed by atoms with E-state index in [0.717, 1.165) is 6.42 Å². The van der Waals surface area contributed by atoms with Crippen LogP contribution in [0.1, 0.15) is 13.3 Å². The summed E-state index contributed by atoms with van der Waals surface area (Å²) in [4.78, 5) is 0. The molecule has 0 bridgehead atoms. The highest BCUT2D eigenvalue weighted by Gasteiger charge is 2.03. The van der Waals surface area contributed by atoms with Crippen LogP contribution in [0.3, 0.4) is 0 Å². The molecule has 1 nitrogen and oxygen atoms in total. The van der Waals surface area contributed by atoms with Crippen LogP contribution in [0.15, 0.2) is 0 Å². The van der Waals surface area contributed by atoms with Crippen molar-refractivity contribution < 1.29 is 4.74 Å². The average molecular weight is 96.1 g/mol. The molecule has 1 aliphatic rings. The van der Waals surface area contributed by atoms with E-state index in [9.17, 15) is 0 Å². The Morgan fingerprint density at radius 2 is 2.71 bits per heavy atom. The van der Waals surface area contributed by atoms with E-state index in [0.29, 0.717) is 6.61 Å². The smallest absolute Gasteiger partial charge is 0.119 e. The van der Waals surface area contributed by atoms with E-state index in [1.807, 2.05) is 0 Å². The van der Waals surface area contributed by atoms with Crippen molar-refractivity contribution in [2.75, 3.05) is 6.61 Å². The van der Waals surface area contributed by atoms with Crippen LogP contribution in [-0.4, -0.2) is 12.7 Å². The molecule has 1 rings (SSSR count). The van der Waals surface area contributed by atoms with Crippen molar-refractivity contribution in [3.63, 3.8) is 0 Å². The van der Waals surface area contributed by atoms with Gasteiger partial charge in [-0.1, -0.05) is 18.8 Å². The van der Waals surface area contributed by atoms with Gasteiger partial charge in [0.15, 0.2) is 0 Å². The van der Waals surface area contributed by atoms with E-state index in [2.05, 4.69) is 18.8 Å². The number of rotatable bonds is 1. The minimum absolute atomic E-state index is 0.236. The van der Waals surface area contributed by atoms with E-state index in [1.54, 1.807) is 0 Å². The molecule has 0 saturated carbocycles. The van der Waals surface area contributed by atoms with Gasteiger partial charge < -0.3 is 4.74 Å². The maximum Gasteiger partial charge on any atom is 0.119 e. The first-order valence-electron chi connectivity index (χ1n) is 2.53. The molecular weight excluding hydrogens is 88.1 g/mol. The third-order valence-electron chi connectivity index (χ3n) is 0.991. The topological polar surface area (TPSA) is 9.23 Å². The fourth-order valence-electron chi connectivity index (χ4n) is 0.559. The Balaban J connectivity index is 2.33. The first-order chi connectivity index (χ1) is 3.43. The number of ether oxygens (including phenoxy) is 1. The molecule has 1 unspecified atom stereocenters. The van der Waals surface area contributed by atoms with E-state index >= 15 is 0 Å². The quantitative estimate of drug-likeness (QED) is 0.439. The highest BCUT2D eigenvalue weighted by molar-refractivity contribution is 5.09. The minimum atomic E-state index is 0.236. The summed E-state index contributed by atoms with van der Waals surface area (Å²) in [6.07, 6.45) is 1.26. The average Bonchev–Trinajstić information content (AvgIpc) is 2.14. The molecular formula is C6H8O. The predicted octanol–water partition coefficient (Wildman–Crippen LogP) is 0.799. The molecule has 0 N–H and O–H groups in total. The van der Waals surface area contributed by atoms with Crippen LogP contribution in [0.5, 0.6) is 0 Å². The van der Waals surface area contributed by atoms with Gasteiger partial charge in [-0.15, -0.1) is 0 Å². The van der Waals surface area contributed by atoms with Gasteiger partial charge in [0.1, 0.15) is 12.7 Å². The number of hydrogen-bond acceptors (Lipinski definition) is 1. The summed E-state index contributed by atoms with van der Waals surface area (Å²) >= 11 is 0. The fourth-order valence-corrected chi connectivity index (χ4v) is 0.559. The molecule has 0 saturated heterocycles. The summed E-state index contributed by atoms with van der Waals surface area (Å²) in [6, 6.07) is 0. The molecule has 0 fully saturated rings. The van der Waals surface area contributed by atoms with Gasteiger partial charge in [0.05, 0.1) is 0 Å². The molecule has 1 atom stereocenters. The van der Waals surface area contributed by atoms with Crippen LogP contribution in [-0.2, 0) is 4.74 Å². The fraction of sp³-hybridized carbons (Fsp3) is 0.667. The zero-order chi connectivity index (χ0) is 5.11. The standard InChI is InChI=1S/C6H8O/c1-2-6-4-3-5-7-6/h6H,2,5H2,1H3. The van der Waals surface area contributed by atoms with Crippen LogP contribution in [0.2, 0.25) is 0 Å². The molecule has 7 heavy (non-hydrogen) atoms. The van der Waals surface area contributed by atoms with Crippen LogP contribution < -0.4 is 0 Å². The van der Waals surface area contributed by atoms with E-state index in [1.165, 1.54) is 0 Å². The molecule has 0 aromatic heterocycles. The van der Waals surface area contributed by atoms with Gasteiger partial charge in [-0.05, 0) is 6.42 Å². The first kappa shape index (κ1) is 4.67. The lowest BCUT2D eigenvalue weighted by atomic mass is 10.3. The molecule has 0 spiro atoms. The lowest BCUT2D eigenvalue weighted by molar-refractivity contribution is 0.129. The third kappa shape index (κ3) is 0.942. The second kappa shape index (κ2) is 1.99. The van der Waals surface area contributed by atoms with Gasteiger partial charge in [-0.3, -0.25) is 0 Å². The van der Waals surface area contributed by atoms with Crippen LogP contribution in [0, 0.1) is 11.8 Å². The first-order valence-corrected chi connectivity index (χ1v) is 2.53. The number of hydrogen-bond donors (Lipinski definition) is 0. The van der Waals surface area contributed by atoms with Crippen LogP contribution >= 0.6 is 0 Å². The molecule has 0 amide bonds. The van der Waals surface area contributed by atoms with E-state index in [-0.39, 0.29) is 6.10 Å². The Kier molecular flexibility index (Phi) is 1.33. The third-order valence-corrected chi connectivity index (χ3v) is 0.991. The molecule has 1 heteroatoms. The van der Waals surface area contributed by atoms with Gasteiger partial charge in [0.25, 0.3) is 0 Å². The van der Waals surface area contributed by atoms with E-state index < -0.39 is 0 Å². The molecule has 0 aromatic carbocycles. The predicted molar refractivity (Wildman–Crippen MR) is 27.8 cm³/mol. The second-order valence-electron chi connectivity index (χ2n) is 1.53. The van der Waals surface area contributed by atoms with Crippen molar-refractivity contribution >= 4 is 0 Å². The zero-order valence-corrected chi connectivity index (χ0v) is 4.40. The Hall–Kier alpha value is -0.480. The molecule has 1 aliphatic heterocycles. The summed E-state index contributed by atoms with van der Waals surface area (Å²) in [5.41, 5.74) is 0. The Morgan fingerprint density at radius 3 is 3.00 bits per heavy atom. The highest BCUT2D eigenvalue weighted by atomic mass is 16.5.